The van der Waals surface area contributed by atoms with Crippen molar-refractivity contribution in [2.45, 2.75) is 0 Å². The molecule has 0 bridgehead atoms. The molecule has 0 amide bonds. The summed E-state index contributed by atoms with van der Waals surface area (Å²) in [4.78, 5) is 0. The lowest BCUT2D eigenvalue weighted by molar-refractivity contribution is 0.359. The lowest BCUT2D eigenvalue weighted by Gasteiger charge is -2.15. The van der Waals surface area contributed by atoms with Gasteiger partial charge in [-0.2, -0.15) is 0 Å². The molecule has 0 saturated heterocycles. The van der Waals surface area contributed by atoms with E-state index in [-0.39, 0.29) is 0 Å². The monoisotopic (exact) mass is 232 g/mol. The van der Waals surface area contributed by atoms with Crippen molar-refractivity contribution in [1.29, 1.82) is 0 Å². The number of fused-ring (bicyclic) bond motifs is 5. The summed E-state index contributed by atoms with van der Waals surface area (Å²) in [5.41, 5.74) is 1.20. The van der Waals surface area contributed by atoms with Crippen LogP contribution in [0.1, 0.15) is 5.56 Å². The Morgan fingerprint density at radius 1 is 0.833 bits per heavy atom. The van der Waals surface area contributed by atoms with Crippen LogP contribution < -0.4 is 4.74 Å². The SMILES string of the molecule is C1=Cc2c(ccc3ccc4ccccc4c23)OC1. The number of ether oxygens (including phenoxy) is 1. The molecule has 1 aliphatic heterocycles. The van der Waals surface area contributed by atoms with Crippen LogP contribution in [-0.2, 0) is 0 Å². The van der Waals surface area contributed by atoms with Crippen molar-refractivity contribution in [3.05, 3.63) is 60.2 Å². The van der Waals surface area contributed by atoms with Crippen molar-refractivity contribution in [2.75, 3.05) is 6.61 Å². The molecule has 1 heterocycles. The Hall–Kier alpha value is -2.28. The fourth-order valence-corrected chi connectivity index (χ4v) is 2.70. The standard InChI is InChI=1S/C17H12O/c1-2-5-14-12(4-1)7-8-13-9-10-16-15(17(13)14)6-3-11-18-16/h1-10H,11H2. The lowest BCUT2D eigenvalue weighted by atomic mass is 9.96. The molecule has 4 rings (SSSR count). The first-order valence-corrected chi connectivity index (χ1v) is 6.17. The van der Waals surface area contributed by atoms with E-state index < -0.39 is 0 Å². The first-order chi connectivity index (χ1) is 8.93. The molecular weight excluding hydrogens is 220 g/mol. The number of rotatable bonds is 0. The molecule has 0 aliphatic carbocycles. The van der Waals surface area contributed by atoms with Gasteiger partial charge in [-0.05, 0) is 28.3 Å². The van der Waals surface area contributed by atoms with Gasteiger partial charge in [0.15, 0.2) is 0 Å². The number of benzene rings is 3. The van der Waals surface area contributed by atoms with E-state index in [0.717, 1.165) is 5.75 Å². The Balaban J connectivity index is 2.26. The Labute approximate surface area is 105 Å². The minimum absolute atomic E-state index is 0.670. The predicted molar refractivity (Wildman–Crippen MR) is 76.0 cm³/mol. The second-order valence-corrected chi connectivity index (χ2v) is 4.58. The summed E-state index contributed by atoms with van der Waals surface area (Å²) in [6.45, 7) is 0.670. The van der Waals surface area contributed by atoms with Crippen LogP contribution in [0.4, 0.5) is 0 Å². The minimum atomic E-state index is 0.670. The van der Waals surface area contributed by atoms with Crippen molar-refractivity contribution in [2.24, 2.45) is 0 Å². The molecule has 1 nitrogen and oxygen atoms in total. The van der Waals surface area contributed by atoms with Crippen molar-refractivity contribution in [3.8, 4) is 5.75 Å². The predicted octanol–water partition coefficient (Wildman–Crippen LogP) is 4.40. The van der Waals surface area contributed by atoms with Gasteiger partial charge in [0, 0.05) is 10.9 Å². The summed E-state index contributed by atoms with van der Waals surface area (Å²) in [5.74, 6) is 0.987. The van der Waals surface area contributed by atoms with Gasteiger partial charge in [0.1, 0.15) is 12.4 Å². The smallest absolute Gasteiger partial charge is 0.127 e. The maximum Gasteiger partial charge on any atom is 0.127 e. The molecule has 0 radical (unpaired) electrons. The van der Waals surface area contributed by atoms with Crippen LogP contribution in [0.2, 0.25) is 0 Å². The van der Waals surface area contributed by atoms with Crippen LogP contribution in [0.5, 0.6) is 5.75 Å². The molecule has 0 aromatic heterocycles. The van der Waals surface area contributed by atoms with E-state index >= 15 is 0 Å². The molecule has 0 atom stereocenters. The van der Waals surface area contributed by atoms with E-state index in [1.165, 1.54) is 27.1 Å². The Kier molecular flexibility index (Phi) is 1.95. The molecule has 1 heteroatoms. The molecule has 0 saturated carbocycles. The molecule has 0 fully saturated rings. The molecule has 0 spiro atoms. The van der Waals surface area contributed by atoms with Crippen LogP contribution in [0.3, 0.4) is 0 Å². The summed E-state index contributed by atoms with van der Waals surface area (Å²) in [5, 5.41) is 5.13. The van der Waals surface area contributed by atoms with Crippen LogP contribution >= 0.6 is 0 Å². The van der Waals surface area contributed by atoms with Crippen LogP contribution in [0.15, 0.2) is 54.6 Å². The first-order valence-electron chi connectivity index (χ1n) is 6.17. The fourth-order valence-electron chi connectivity index (χ4n) is 2.70. The summed E-state index contributed by atoms with van der Waals surface area (Å²) in [7, 11) is 0. The summed E-state index contributed by atoms with van der Waals surface area (Å²) in [6, 6.07) is 17.1. The van der Waals surface area contributed by atoms with Gasteiger partial charge in [-0.3, -0.25) is 0 Å². The summed E-state index contributed by atoms with van der Waals surface area (Å²) >= 11 is 0. The zero-order valence-electron chi connectivity index (χ0n) is 9.89. The second kappa shape index (κ2) is 3.61. The Bertz CT molecular complexity index is 784. The normalized spacial score (nSPS) is 13.6. The lowest BCUT2D eigenvalue weighted by Crippen LogP contribution is -2.00. The van der Waals surface area contributed by atoms with Gasteiger partial charge in [0.05, 0.1) is 0 Å². The van der Waals surface area contributed by atoms with Crippen molar-refractivity contribution >= 4 is 27.6 Å². The average molecular weight is 232 g/mol. The molecule has 3 aromatic carbocycles. The highest BCUT2D eigenvalue weighted by atomic mass is 16.5. The molecular formula is C17H12O. The molecule has 3 aromatic rings. The third-order valence-electron chi connectivity index (χ3n) is 3.53. The third-order valence-corrected chi connectivity index (χ3v) is 3.53. The molecule has 1 aliphatic rings. The molecule has 86 valence electrons. The van der Waals surface area contributed by atoms with Gasteiger partial charge in [0.25, 0.3) is 0 Å². The first kappa shape index (κ1) is 9.72. The zero-order valence-corrected chi connectivity index (χ0v) is 9.89. The topological polar surface area (TPSA) is 9.23 Å². The van der Waals surface area contributed by atoms with Gasteiger partial charge in [-0.15, -0.1) is 0 Å². The van der Waals surface area contributed by atoms with Gasteiger partial charge in [0.2, 0.25) is 0 Å². The van der Waals surface area contributed by atoms with E-state index in [2.05, 4.69) is 60.7 Å². The Morgan fingerprint density at radius 3 is 2.67 bits per heavy atom. The highest BCUT2D eigenvalue weighted by molar-refractivity contribution is 6.12. The average Bonchev–Trinajstić information content (AvgIpc) is 2.46. The van der Waals surface area contributed by atoms with Crippen LogP contribution in [0.25, 0.3) is 27.6 Å². The van der Waals surface area contributed by atoms with Gasteiger partial charge >= 0.3 is 0 Å². The van der Waals surface area contributed by atoms with Gasteiger partial charge < -0.3 is 4.74 Å². The third kappa shape index (κ3) is 1.28. The van der Waals surface area contributed by atoms with E-state index in [1.807, 2.05) is 0 Å². The van der Waals surface area contributed by atoms with E-state index in [0.29, 0.717) is 6.61 Å². The van der Waals surface area contributed by atoms with Crippen molar-refractivity contribution in [3.63, 3.8) is 0 Å². The zero-order chi connectivity index (χ0) is 11.9. The molecule has 18 heavy (non-hydrogen) atoms. The second-order valence-electron chi connectivity index (χ2n) is 4.58. The minimum Gasteiger partial charge on any atom is -0.489 e. The van der Waals surface area contributed by atoms with Gasteiger partial charge in [-0.1, -0.05) is 48.5 Å². The maximum atomic E-state index is 5.69. The Morgan fingerprint density at radius 2 is 1.67 bits per heavy atom. The highest BCUT2D eigenvalue weighted by Gasteiger charge is 2.11. The largest absolute Gasteiger partial charge is 0.489 e. The van der Waals surface area contributed by atoms with Crippen LogP contribution in [0, 0.1) is 0 Å². The fraction of sp³-hybridized carbons (Fsp3) is 0.0588. The van der Waals surface area contributed by atoms with Gasteiger partial charge in [-0.25, -0.2) is 0 Å². The summed E-state index contributed by atoms with van der Waals surface area (Å²) < 4.78 is 5.69. The maximum absolute atomic E-state index is 5.69. The van der Waals surface area contributed by atoms with E-state index in [1.54, 1.807) is 0 Å². The van der Waals surface area contributed by atoms with E-state index in [4.69, 9.17) is 4.74 Å². The summed E-state index contributed by atoms with van der Waals surface area (Å²) in [6.07, 6.45) is 4.25. The highest BCUT2D eigenvalue weighted by Crippen LogP contribution is 2.35. The van der Waals surface area contributed by atoms with Crippen LogP contribution in [-0.4, -0.2) is 6.61 Å². The number of hydrogen-bond acceptors (Lipinski definition) is 1. The number of hydrogen-bond donors (Lipinski definition) is 0. The van der Waals surface area contributed by atoms with Crippen molar-refractivity contribution in [1.82, 2.24) is 0 Å². The quantitative estimate of drug-likeness (QED) is 0.522. The molecule has 0 N–H and O–H groups in total. The van der Waals surface area contributed by atoms with Crippen molar-refractivity contribution < 1.29 is 4.74 Å². The van der Waals surface area contributed by atoms with E-state index in [9.17, 15) is 0 Å². The molecule has 0 unspecified atom stereocenters.